The molecule has 0 fully saturated rings. The first-order chi connectivity index (χ1) is 8.82. The van der Waals surface area contributed by atoms with Gasteiger partial charge in [0.05, 0.1) is 0 Å². The number of hydrogen-bond acceptors (Lipinski definition) is 1. The molecule has 0 radical (unpaired) electrons. The molecule has 0 heterocycles. The predicted octanol–water partition coefficient (Wildman–Crippen LogP) is 4.27. The lowest BCUT2D eigenvalue weighted by atomic mass is 9.80. The highest BCUT2D eigenvalue weighted by atomic mass is 79.9. The number of rotatable bonds is 5. The Morgan fingerprint density at radius 3 is 2.21 bits per heavy atom. The van der Waals surface area contributed by atoms with E-state index in [0.29, 0.717) is 18.9 Å². The molecule has 1 rings (SSSR count). The van der Waals surface area contributed by atoms with Gasteiger partial charge in [0.2, 0.25) is 5.91 Å². The average Bonchev–Trinajstić information content (AvgIpc) is 2.35. The standard InChI is InChI=1S/C16H24BrNO/c1-12(16(2,3)4)9-15(19)18-11-14-7-5-13(10-17)6-8-14/h5-8,12H,9-11H2,1-4H3,(H,18,19). The third-order valence-corrected chi connectivity index (χ3v) is 4.28. The first kappa shape index (κ1) is 16.2. The summed E-state index contributed by atoms with van der Waals surface area (Å²) in [6.07, 6.45) is 0.586. The lowest BCUT2D eigenvalue weighted by Gasteiger charge is -2.26. The van der Waals surface area contributed by atoms with Gasteiger partial charge in [-0.15, -0.1) is 0 Å². The summed E-state index contributed by atoms with van der Waals surface area (Å²) in [6.45, 7) is 9.25. The second-order valence-electron chi connectivity index (χ2n) is 6.20. The molecular weight excluding hydrogens is 302 g/mol. The summed E-state index contributed by atoms with van der Waals surface area (Å²) in [7, 11) is 0. The van der Waals surface area contributed by atoms with Gasteiger partial charge in [-0.2, -0.15) is 0 Å². The summed E-state index contributed by atoms with van der Waals surface area (Å²) in [4.78, 5) is 11.9. The quantitative estimate of drug-likeness (QED) is 0.805. The largest absolute Gasteiger partial charge is 0.352 e. The number of amides is 1. The van der Waals surface area contributed by atoms with Gasteiger partial charge >= 0.3 is 0 Å². The lowest BCUT2D eigenvalue weighted by Crippen LogP contribution is -2.28. The van der Waals surface area contributed by atoms with Crippen LogP contribution in [0.2, 0.25) is 0 Å². The fourth-order valence-corrected chi connectivity index (χ4v) is 1.98. The molecule has 0 aliphatic heterocycles. The summed E-state index contributed by atoms with van der Waals surface area (Å²) in [5, 5.41) is 3.85. The first-order valence-corrected chi connectivity index (χ1v) is 7.85. The molecule has 0 aliphatic carbocycles. The molecule has 3 heteroatoms. The molecule has 1 aromatic carbocycles. The van der Waals surface area contributed by atoms with Crippen molar-refractivity contribution in [1.29, 1.82) is 0 Å². The number of alkyl halides is 1. The number of halogens is 1. The normalized spacial score (nSPS) is 13.1. The maximum Gasteiger partial charge on any atom is 0.220 e. The zero-order valence-electron chi connectivity index (χ0n) is 12.3. The van der Waals surface area contributed by atoms with Crippen molar-refractivity contribution in [1.82, 2.24) is 5.32 Å². The van der Waals surface area contributed by atoms with E-state index in [1.54, 1.807) is 0 Å². The van der Waals surface area contributed by atoms with E-state index in [1.807, 2.05) is 0 Å². The van der Waals surface area contributed by atoms with Crippen LogP contribution in [0.3, 0.4) is 0 Å². The Morgan fingerprint density at radius 2 is 1.74 bits per heavy atom. The van der Waals surface area contributed by atoms with Gasteiger partial charge in [-0.1, -0.05) is 67.9 Å². The maximum absolute atomic E-state index is 11.9. The highest BCUT2D eigenvalue weighted by Crippen LogP contribution is 2.27. The smallest absolute Gasteiger partial charge is 0.220 e. The van der Waals surface area contributed by atoms with Crippen LogP contribution >= 0.6 is 15.9 Å². The van der Waals surface area contributed by atoms with E-state index in [4.69, 9.17) is 0 Å². The second kappa shape index (κ2) is 7.09. The molecule has 106 valence electrons. The number of carbonyl (C=O) groups is 1. The van der Waals surface area contributed by atoms with Crippen LogP contribution in [0, 0.1) is 11.3 Å². The van der Waals surface area contributed by atoms with E-state index in [1.165, 1.54) is 5.56 Å². The SMILES string of the molecule is CC(CC(=O)NCc1ccc(CBr)cc1)C(C)(C)C. The van der Waals surface area contributed by atoms with Crippen molar-refractivity contribution >= 4 is 21.8 Å². The summed E-state index contributed by atoms with van der Waals surface area (Å²) in [5.74, 6) is 0.510. The molecule has 0 aromatic heterocycles. The zero-order valence-corrected chi connectivity index (χ0v) is 13.9. The summed E-state index contributed by atoms with van der Waals surface area (Å²) in [5.41, 5.74) is 2.56. The van der Waals surface area contributed by atoms with Crippen LogP contribution < -0.4 is 5.32 Å². The summed E-state index contributed by atoms with van der Waals surface area (Å²) < 4.78 is 0. The van der Waals surface area contributed by atoms with Crippen molar-refractivity contribution in [2.75, 3.05) is 0 Å². The van der Waals surface area contributed by atoms with E-state index < -0.39 is 0 Å². The highest BCUT2D eigenvalue weighted by molar-refractivity contribution is 9.08. The molecule has 1 aromatic rings. The van der Waals surface area contributed by atoms with Gasteiger partial charge in [-0.05, 0) is 22.5 Å². The van der Waals surface area contributed by atoms with Crippen LogP contribution in [-0.4, -0.2) is 5.91 Å². The molecule has 1 N–H and O–H groups in total. The van der Waals surface area contributed by atoms with E-state index in [9.17, 15) is 4.79 Å². The number of hydrogen-bond donors (Lipinski definition) is 1. The summed E-state index contributed by atoms with van der Waals surface area (Å²) in [6, 6.07) is 8.27. The Morgan fingerprint density at radius 1 is 1.21 bits per heavy atom. The van der Waals surface area contributed by atoms with Gasteiger partial charge in [0.1, 0.15) is 0 Å². The first-order valence-electron chi connectivity index (χ1n) is 6.73. The maximum atomic E-state index is 11.9. The minimum absolute atomic E-state index is 0.131. The molecular formula is C16H24BrNO. The molecule has 0 saturated carbocycles. The molecule has 0 aliphatic rings. The van der Waals surface area contributed by atoms with Crippen molar-refractivity contribution in [3.05, 3.63) is 35.4 Å². The molecule has 0 saturated heterocycles. The van der Waals surface area contributed by atoms with Gasteiger partial charge in [0.25, 0.3) is 0 Å². The highest BCUT2D eigenvalue weighted by Gasteiger charge is 2.22. The van der Waals surface area contributed by atoms with Crippen LogP contribution in [-0.2, 0) is 16.7 Å². The van der Waals surface area contributed by atoms with Crippen LogP contribution in [0.5, 0.6) is 0 Å². The van der Waals surface area contributed by atoms with Crippen molar-refractivity contribution in [2.24, 2.45) is 11.3 Å². The molecule has 1 unspecified atom stereocenters. The van der Waals surface area contributed by atoms with Crippen molar-refractivity contribution in [2.45, 2.75) is 46.0 Å². The fourth-order valence-electron chi connectivity index (χ4n) is 1.60. The molecule has 1 amide bonds. The van der Waals surface area contributed by atoms with E-state index in [-0.39, 0.29) is 11.3 Å². The molecule has 0 spiro atoms. The van der Waals surface area contributed by atoms with Gasteiger partial charge in [0.15, 0.2) is 0 Å². The zero-order chi connectivity index (χ0) is 14.5. The Balaban J connectivity index is 2.41. The molecule has 0 bridgehead atoms. The fraction of sp³-hybridized carbons (Fsp3) is 0.562. The van der Waals surface area contributed by atoms with Crippen molar-refractivity contribution in [3.8, 4) is 0 Å². The van der Waals surface area contributed by atoms with Crippen LogP contribution in [0.25, 0.3) is 0 Å². The van der Waals surface area contributed by atoms with Crippen LogP contribution in [0.1, 0.15) is 45.2 Å². The lowest BCUT2D eigenvalue weighted by molar-refractivity contribution is -0.122. The van der Waals surface area contributed by atoms with E-state index >= 15 is 0 Å². The van der Waals surface area contributed by atoms with Gasteiger partial charge in [-0.3, -0.25) is 4.79 Å². The molecule has 19 heavy (non-hydrogen) atoms. The topological polar surface area (TPSA) is 29.1 Å². The van der Waals surface area contributed by atoms with Gasteiger partial charge < -0.3 is 5.32 Å². The third-order valence-electron chi connectivity index (χ3n) is 3.64. The van der Waals surface area contributed by atoms with Crippen molar-refractivity contribution in [3.63, 3.8) is 0 Å². The Hall–Kier alpha value is -0.830. The molecule has 1 atom stereocenters. The Kier molecular flexibility index (Phi) is 6.05. The molecule has 2 nitrogen and oxygen atoms in total. The Bertz CT molecular complexity index is 406. The predicted molar refractivity (Wildman–Crippen MR) is 84.2 cm³/mol. The third kappa shape index (κ3) is 5.77. The minimum Gasteiger partial charge on any atom is -0.352 e. The van der Waals surface area contributed by atoms with E-state index in [0.717, 1.165) is 10.9 Å². The average molecular weight is 326 g/mol. The Labute approximate surface area is 125 Å². The number of carbonyl (C=O) groups excluding carboxylic acids is 1. The monoisotopic (exact) mass is 325 g/mol. The number of benzene rings is 1. The minimum atomic E-state index is 0.131. The van der Waals surface area contributed by atoms with Gasteiger partial charge in [0, 0.05) is 18.3 Å². The van der Waals surface area contributed by atoms with E-state index in [2.05, 4.69) is 73.2 Å². The number of nitrogens with one attached hydrogen (secondary N) is 1. The van der Waals surface area contributed by atoms with Crippen LogP contribution in [0.15, 0.2) is 24.3 Å². The van der Waals surface area contributed by atoms with Crippen LogP contribution in [0.4, 0.5) is 0 Å². The second-order valence-corrected chi connectivity index (χ2v) is 6.76. The summed E-state index contributed by atoms with van der Waals surface area (Å²) >= 11 is 3.42. The van der Waals surface area contributed by atoms with Gasteiger partial charge in [-0.25, -0.2) is 0 Å². The van der Waals surface area contributed by atoms with Crippen molar-refractivity contribution < 1.29 is 4.79 Å².